The number of carbonyl (C=O) groups excluding carboxylic acids is 1. The summed E-state index contributed by atoms with van der Waals surface area (Å²) in [7, 11) is 0. The molecule has 2 aromatic carbocycles. The number of benzene rings is 2. The number of carboxylic acids is 1. The van der Waals surface area contributed by atoms with Crippen molar-refractivity contribution in [3.63, 3.8) is 0 Å². The molecule has 5 nitrogen and oxygen atoms in total. The van der Waals surface area contributed by atoms with E-state index >= 15 is 0 Å². The first kappa shape index (κ1) is 19.1. The Kier molecular flexibility index (Phi) is 5.88. The number of aromatic nitrogens is 1. The summed E-state index contributed by atoms with van der Waals surface area (Å²) in [5.41, 5.74) is 2.93. The van der Waals surface area contributed by atoms with Crippen LogP contribution in [0.4, 0.5) is 0 Å². The number of halogens is 1. The van der Waals surface area contributed by atoms with Gasteiger partial charge >= 0.3 is 5.97 Å². The average molecular weight is 401 g/mol. The van der Waals surface area contributed by atoms with Gasteiger partial charge < -0.3 is 10.4 Å². The minimum Gasteiger partial charge on any atom is -0.481 e. The largest absolute Gasteiger partial charge is 0.481 e. The minimum absolute atomic E-state index is 0.249. The molecular formula is C20H17ClN2O3S. The Morgan fingerprint density at radius 1 is 1.22 bits per heavy atom. The Bertz CT molecular complexity index is 987. The highest BCUT2D eigenvalue weighted by Gasteiger charge is 2.21. The number of hydrogen-bond donors (Lipinski definition) is 2. The zero-order valence-electron chi connectivity index (χ0n) is 14.5. The van der Waals surface area contributed by atoms with E-state index in [-0.39, 0.29) is 12.1 Å². The van der Waals surface area contributed by atoms with Crippen molar-refractivity contribution in [1.82, 2.24) is 10.3 Å². The molecule has 0 bridgehead atoms. The van der Waals surface area contributed by atoms with Crippen LogP contribution in [0.1, 0.15) is 34.1 Å². The van der Waals surface area contributed by atoms with Crippen molar-refractivity contribution in [2.45, 2.75) is 19.4 Å². The molecule has 0 saturated heterocycles. The van der Waals surface area contributed by atoms with Gasteiger partial charge in [-0.05, 0) is 30.2 Å². The van der Waals surface area contributed by atoms with Gasteiger partial charge in [-0.3, -0.25) is 9.59 Å². The van der Waals surface area contributed by atoms with Gasteiger partial charge in [0, 0.05) is 16.0 Å². The fraction of sp³-hybridized carbons (Fsp3) is 0.150. The average Bonchev–Trinajstić information content (AvgIpc) is 3.11. The van der Waals surface area contributed by atoms with Crippen molar-refractivity contribution in [2.24, 2.45) is 0 Å². The number of nitrogens with one attached hydrogen (secondary N) is 1. The highest BCUT2D eigenvalue weighted by molar-refractivity contribution is 7.13. The lowest BCUT2D eigenvalue weighted by atomic mass is 10.0. The van der Waals surface area contributed by atoms with Crippen molar-refractivity contribution in [1.29, 1.82) is 0 Å². The Morgan fingerprint density at radius 2 is 2.00 bits per heavy atom. The van der Waals surface area contributed by atoms with Crippen molar-refractivity contribution in [3.8, 4) is 10.6 Å². The van der Waals surface area contributed by atoms with Crippen LogP contribution in [0.2, 0.25) is 5.02 Å². The second-order valence-corrected chi connectivity index (χ2v) is 7.33. The quantitative estimate of drug-likeness (QED) is 0.627. The third-order valence-electron chi connectivity index (χ3n) is 4.05. The highest BCUT2D eigenvalue weighted by Crippen LogP contribution is 2.27. The second-order valence-electron chi connectivity index (χ2n) is 6.03. The van der Waals surface area contributed by atoms with Gasteiger partial charge in [0.1, 0.15) is 10.7 Å². The maximum absolute atomic E-state index is 12.6. The van der Waals surface area contributed by atoms with Gasteiger partial charge in [-0.25, -0.2) is 4.98 Å². The van der Waals surface area contributed by atoms with Crippen molar-refractivity contribution in [3.05, 3.63) is 75.8 Å². The minimum atomic E-state index is -1.01. The van der Waals surface area contributed by atoms with Crippen LogP contribution in [0.5, 0.6) is 0 Å². The summed E-state index contributed by atoms with van der Waals surface area (Å²) in [6.45, 7) is 1.98. The van der Waals surface area contributed by atoms with E-state index in [9.17, 15) is 14.7 Å². The summed E-state index contributed by atoms with van der Waals surface area (Å²) >= 11 is 7.37. The van der Waals surface area contributed by atoms with Gasteiger partial charge in [0.15, 0.2) is 0 Å². The first-order valence-corrected chi connectivity index (χ1v) is 9.49. The number of hydrogen-bond acceptors (Lipinski definition) is 4. The molecule has 1 heterocycles. The van der Waals surface area contributed by atoms with Crippen LogP contribution >= 0.6 is 22.9 Å². The summed E-state index contributed by atoms with van der Waals surface area (Å²) in [5, 5.41) is 14.8. The fourth-order valence-corrected chi connectivity index (χ4v) is 3.79. The summed E-state index contributed by atoms with van der Waals surface area (Å²) < 4.78 is 0. The number of thiazole rings is 1. The molecule has 3 rings (SSSR count). The number of amides is 1. The molecule has 0 radical (unpaired) electrons. The molecule has 0 aliphatic rings. The van der Waals surface area contributed by atoms with E-state index in [2.05, 4.69) is 10.3 Å². The van der Waals surface area contributed by atoms with E-state index in [1.54, 1.807) is 29.6 Å². The number of carboxylic acid groups (broad SMARTS) is 1. The number of aliphatic carboxylic acids is 1. The molecule has 0 aliphatic carbocycles. The normalized spacial score (nSPS) is 11.8. The monoisotopic (exact) mass is 400 g/mol. The van der Waals surface area contributed by atoms with Gasteiger partial charge in [0.25, 0.3) is 5.91 Å². The summed E-state index contributed by atoms with van der Waals surface area (Å²) in [4.78, 5) is 28.3. The Balaban J connectivity index is 1.82. The molecule has 0 fully saturated rings. The molecule has 0 spiro atoms. The molecule has 0 saturated carbocycles. The molecule has 0 unspecified atom stereocenters. The molecule has 138 valence electrons. The van der Waals surface area contributed by atoms with Crippen LogP contribution in [0.15, 0.2) is 53.9 Å². The van der Waals surface area contributed by atoms with Crippen LogP contribution in [0, 0.1) is 6.92 Å². The maximum atomic E-state index is 12.6. The smallest absolute Gasteiger partial charge is 0.305 e. The number of nitrogens with zero attached hydrogens (tertiary/aromatic N) is 1. The summed E-state index contributed by atoms with van der Waals surface area (Å²) in [5.74, 6) is -1.43. The van der Waals surface area contributed by atoms with Crippen LogP contribution < -0.4 is 5.32 Å². The maximum Gasteiger partial charge on any atom is 0.305 e. The van der Waals surface area contributed by atoms with Crippen LogP contribution in [0.3, 0.4) is 0 Å². The SMILES string of the molecule is Cc1ccccc1-c1nc(C(=O)N[C@@H](CC(=O)O)c2cccc(Cl)c2)cs1. The van der Waals surface area contributed by atoms with Gasteiger partial charge in [-0.1, -0.05) is 48.0 Å². The number of aryl methyl sites for hydroxylation is 1. The number of carbonyl (C=O) groups is 2. The zero-order chi connectivity index (χ0) is 19.4. The molecule has 7 heteroatoms. The van der Waals surface area contributed by atoms with E-state index in [0.717, 1.165) is 16.1 Å². The zero-order valence-corrected chi connectivity index (χ0v) is 16.1. The molecular weight excluding hydrogens is 384 g/mol. The van der Waals surface area contributed by atoms with E-state index in [4.69, 9.17) is 11.6 Å². The van der Waals surface area contributed by atoms with Gasteiger partial charge in [-0.15, -0.1) is 11.3 Å². The third-order valence-corrected chi connectivity index (χ3v) is 5.16. The molecule has 2 N–H and O–H groups in total. The Labute approximate surface area is 165 Å². The first-order chi connectivity index (χ1) is 12.9. The summed E-state index contributed by atoms with van der Waals surface area (Å²) in [6.07, 6.45) is -0.249. The predicted molar refractivity (Wildman–Crippen MR) is 106 cm³/mol. The Morgan fingerprint density at radius 3 is 2.70 bits per heavy atom. The van der Waals surface area contributed by atoms with Crippen LogP contribution in [0.25, 0.3) is 10.6 Å². The molecule has 27 heavy (non-hydrogen) atoms. The lowest BCUT2D eigenvalue weighted by Crippen LogP contribution is -2.30. The van der Waals surface area contributed by atoms with E-state index in [0.29, 0.717) is 10.6 Å². The predicted octanol–water partition coefficient (Wildman–Crippen LogP) is 4.72. The Hall–Kier alpha value is -2.70. The number of rotatable bonds is 6. The third kappa shape index (κ3) is 4.72. The topological polar surface area (TPSA) is 79.3 Å². The standard InChI is InChI=1S/C20H17ClN2O3S/c1-12-5-2-3-8-15(12)20-23-17(11-27-20)19(26)22-16(10-18(24)25)13-6-4-7-14(21)9-13/h2-9,11,16H,10H2,1H3,(H,22,26)(H,24,25)/t16-/m0/s1. The van der Waals surface area contributed by atoms with Crippen molar-refractivity contribution >= 4 is 34.8 Å². The van der Waals surface area contributed by atoms with Gasteiger partial charge in [0.2, 0.25) is 0 Å². The molecule has 1 amide bonds. The molecule has 3 aromatic rings. The summed E-state index contributed by atoms with van der Waals surface area (Å²) in [6, 6.07) is 13.9. The van der Waals surface area contributed by atoms with E-state index in [1.807, 2.05) is 31.2 Å². The fourth-order valence-electron chi connectivity index (χ4n) is 2.70. The van der Waals surface area contributed by atoms with Gasteiger partial charge in [0.05, 0.1) is 12.5 Å². The second kappa shape index (κ2) is 8.33. The van der Waals surface area contributed by atoms with Crippen molar-refractivity contribution in [2.75, 3.05) is 0 Å². The van der Waals surface area contributed by atoms with E-state index in [1.165, 1.54) is 11.3 Å². The van der Waals surface area contributed by atoms with Crippen LogP contribution in [-0.2, 0) is 4.79 Å². The van der Waals surface area contributed by atoms with Gasteiger partial charge in [-0.2, -0.15) is 0 Å². The van der Waals surface area contributed by atoms with E-state index < -0.39 is 17.9 Å². The molecule has 1 atom stereocenters. The van der Waals surface area contributed by atoms with Crippen molar-refractivity contribution < 1.29 is 14.7 Å². The lowest BCUT2D eigenvalue weighted by molar-refractivity contribution is -0.137. The highest BCUT2D eigenvalue weighted by atomic mass is 35.5. The first-order valence-electron chi connectivity index (χ1n) is 8.23. The molecule has 0 aliphatic heterocycles. The van der Waals surface area contributed by atoms with Crippen LogP contribution in [-0.4, -0.2) is 22.0 Å². The lowest BCUT2D eigenvalue weighted by Gasteiger charge is -2.17. The molecule has 1 aromatic heterocycles.